The van der Waals surface area contributed by atoms with Crippen molar-refractivity contribution < 1.29 is 9.21 Å². The summed E-state index contributed by atoms with van der Waals surface area (Å²) < 4.78 is 7.68. The molecule has 2 heterocycles. The molecule has 154 valence electrons. The highest BCUT2D eigenvalue weighted by atomic mass is 32.1. The second-order valence-corrected chi connectivity index (χ2v) is 9.08. The van der Waals surface area contributed by atoms with Crippen LogP contribution in [0, 0.1) is 16.7 Å². The smallest absolute Gasteiger partial charge is 0.269 e. The van der Waals surface area contributed by atoms with Gasteiger partial charge in [0.1, 0.15) is 22.1 Å². The predicted molar refractivity (Wildman–Crippen MR) is 119 cm³/mol. The normalized spacial score (nSPS) is 13.2. The van der Waals surface area contributed by atoms with Crippen molar-refractivity contribution in [3.8, 4) is 6.07 Å². The molecule has 5 nitrogen and oxygen atoms in total. The van der Waals surface area contributed by atoms with Crippen LogP contribution in [-0.2, 0) is 17.8 Å². The van der Waals surface area contributed by atoms with E-state index >= 15 is 0 Å². The van der Waals surface area contributed by atoms with Gasteiger partial charge in [-0.1, -0.05) is 52.0 Å². The molecule has 0 aliphatic rings. The number of carbonyl (C=O) groups is 1. The van der Waals surface area contributed by atoms with Crippen molar-refractivity contribution in [2.75, 3.05) is 0 Å². The minimum Gasteiger partial charge on any atom is -0.467 e. The van der Waals surface area contributed by atoms with E-state index < -0.39 is 5.41 Å². The Morgan fingerprint density at radius 1 is 1.23 bits per heavy atom. The summed E-state index contributed by atoms with van der Waals surface area (Å²) in [5.74, 6) is 0.286. The van der Waals surface area contributed by atoms with Crippen LogP contribution >= 0.6 is 11.3 Å². The molecule has 0 amide bonds. The first-order chi connectivity index (χ1) is 14.2. The third-order valence-corrected chi connectivity index (χ3v) is 5.85. The lowest BCUT2D eigenvalue weighted by molar-refractivity contribution is -0.120. The summed E-state index contributed by atoms with van der Waals surface area (Å²) in [6.07, 6.45) is 4.27. The maximum Gasteiger partial charge on any atom is 0.269 e. The van der Waals surface area contributed by atoms with Crippen molar-refractivity contribution in [3.63, 3.8) is 0 Å². The Balaban J connectivity index is 2.27. The highest BCUT2D eigenvalue weighted by molar-refractivity contribution is 7.07. The number of hydrogen-bond donors (Lipinski definition) is 0. The van der Waals surface area contributed by atoms with Crippen molar-refractivity contribution in [1.82, 2.24) is 4.57 Å². The van der Waals surface area contributed by atoms with Crippen LogP contribution in [0.2, 0.25) is 0 Å². The lowest BCUT2D eigenvalue weighted by atomic mass is 9.87. The van der Waals surface area contributed by atoms with Gasteiger partial charge in [-0.2, -0.15) is 5.26 Å². The summed E-state index contributed by atoms with van der Waals surface area (Å²) in [5.41, 5.74) is 1.12. The van der Waals surface area contributed by atoms with E-state index in [9.17, 15) is 14.9 Å². The Labute approximate surface area is 179 Å². The first-order valence-corrected chi connectivity index (χ1v) is 10.6. The van der Waals surface area contributed by atoms with Gasteiger partial charge in [-0.15, -0.1) is 11.3 Å². The van der Waals surface area contributed by atoms with Crippen LogP contribution in [0.5, 0.6) is 0 Å². The van der Waals surface area contributed by atoms with Gasteiger partial charge in [0.15, 0.2) is 5.78 Å². The number of benzene rings is 1. The van der Waals surface area contributed by atoms with Crippen molar-refractivity contribution in [3.05, 3.63) is 79.1 Å². The number of nitrogens with zero attached hydrogens (tertiary/aromatic N) is 2. The van der Waals surface area contributed by atoms with Crippen LogP contribution in [0.1, 0.15) is 44.6 Å². The fraction of sp³-hybridized carbons (Fsp3) is 0.292. The van der Waals surface area contributed by atoms with Gasteiger partial charge in [-0.05, 0) is 35.8 Å². The number of Topliss-reactive ketones (excluding diaryl/α,β-unsaturated/α-hetero) is 1. The molecule has 6 heteroatoms. The highest BCUT2D eigenvalue weighted by Crippen LogP contribution is 2.19. The first-order valence-electron chi connectivity index (χ1n) is 9.76. The lowest BCUT2D eigenvalue weighted by Gasteiger charge is -2.15. The summed E-state index contributed by atoms with van der Waals surface area (Å²) in [6.45, 7) is 7.53. The molecular weight excluding hydrogens is 396 g/mol. The Morgan fingerprint density at radius 3 is 2.47 bits per heavy atom. The molecule has 0 aliphatic heterocycles. The Morgan fingerprint density at radius 2 is 1.93 bits per heavy atom. The van der Waals surface area contributed by atoms with Crippen LogP contribution in [0.25, 0.3) is 11.6 Å². The molecule has 3 aromatic rings. The Kier molecular flexibility index (Phi) is 6.23. The van der Waals surface area contributed by atoms with E-state index in [-0.39, 0.29) is 23.5 Å². The van der Waals surface area contributed by atoms with E-state index in [1.54, 1.807) is 39.0 Å². The Bertz CT molecular complexity index is 1260. The number of ketones is 1. The molecular formula is C24H24N2O3S. The zero-order valence-electron chi connectivity index (χ0n) is 17.6. The summed E-state index contributed by atoms with van der Waals surface area (Å²) in [5, 5.41) is 9.76. The molecule has 0 atom stereocenters. The number of aryl methyl sites for hydroxylation is 1. The molecule has 0 fully saturated rings. The third-order valence-electron chi connectivity index (χ3n) is 4.72. The van der Waals surface area contributed by atoms with Crippen LogP contribution in [0.4, 0.5) is 0 Å². The summed E-state index contributed by atoms with van der Waals surface area (Å²) in [6, 6.07) is 13.5. The van der Waals surface area contributed by atoms with E-state index in [0.717, 1.165) is 23.3 Å². The highest BCUT2D eigenvalue weighted by Gasteiger charge is 2.27. The molecule has 1 aromatic carbocycles. The van der Waals surface area contributed by atoms with Gasteiger partial charge in [-0.3, -0.25) is 14.2 Å². The molecule has 0 unspecified atom stereocenters. The van der Waals surface area contributed by atoms with Crippen molar-refractivity contribution in [2.45, 2.75) is 40.7 Å². The maximum atomic E-state index is 13.2. The van der Waals surface area contributed by atoms with Gasteiger partial charge in [0, 0.05) is 5.41 Å². The van der Waals surface area contributed by atoms with Crippen molar-refractivity contribution in [1.29, 1.82) is 5.26 Å². The van der Waals surface area contributed by atoms with Crippen LogP contribution in [-0.4, -0.2) is 10.4 Å². The maximum absolute atomic E-state index is 13.2. The molecule has 3 rings (SSSR count). The SMILES string of the molecule is CCc1ccc(/C=c2/s/c(=C(/C#N)C(=O)C(C)(C)C)n(Cc3ccco3)c2=O)cc1. The fourth-order valence-corrected chi connectivity index (χ4v) is 4.08. The molecule has 30 heavy (non-hydrogen) atoms. The lowest BCUT2D eigenvalue weighted by Crippen LogP contribution is -2.34. The quantitative estimate of drug-likeness (QED) is 0.635. The molecule has 0 radical (unpaired) electrons. The van der Waals surface area contributed by atoms with Gasteiger partial charge in [0.2, 0.25) is 0 Å². The number of hydrogen-bond acceptors (Lipinski definition) is 5. The number of furan rings is 1. The van der Waals surface area contributed by atoms with E-state index in [4.69, 9.17) is 4.42 Å². The van der Waals surface area contributed by atoms with Gasteiger partial charge in [-0.25, -0.2) is 0 Å². The summed E-state index contributed by atoms with van der Waals surface area (Å²) in [4.78, 5) is 26.1. The molecule has 0 spiro atoms. The first kappa shape index (κ1) is 21.5. The molecule has 2 aromatic heterocycles. The van der Waals surface area contributed by atoms with Crippen LogP contribution in [0.15, 0.2) is 51.9 Å². The number of carbonyl (C=O) groups excluding carboxylic acids is 1. The standard InChI is InChI=1S/C24H24N2O3S/c1-5-16-8-10-17(11-9-16)13-20-22(28)26(15-18-7-6-12-29-18)23(30-20)19(14-25)21(27)24(2,3)4/h6-13H,5,15H2,1-4H3/b20-13+,23-19-. The number of rotatable bonds is 5. The number of nitriles is 1. The van der Waals surface area contributed by atoms with Gasteiger partial charge in [0.05, 0.1) is 17.3 Å². The molecule has 0 saturated carbocycles. The Hall–Kier alpha value is -3.17. The topological polar surface area (TPSA) is 76.0 Å². The minimum absolute atomic E-state index is 0.00265. The monoisotopic (exact) mass is 420 g/mol. The second kappa shape index (κ2) is 8.68. The largest absolute Gasteiger partial charge is 0.467 e. The molecule has 0 aliphatic carbocycles. The molecule has 0 N–H and O–H groups in total. The number of thiazole rings is 1. The van der Waals surface area contributed by atoms with E-state index in [1.165, 1.54) is 16.4 Å². The van der Waals surface area contributed by atoms with Crippen molar-refractivity contribution >= 4 is 28.8 Å². The average molecular weight is 421 g/mol. The average Bonchev–Trinajstić information content (AvgIpc) is 3.33. The molecule has 0 saturated heterocycles. The van der Waals surface area contributed by atoms with Crippen LogP contribution < -0.4 is 14.8 Å². The molecule has 0 bridgehead atoms. The second-order valence-electron chi connectivity index (χ2n) is 8.05. The van der Waals surface area contributed by atoms with Gasteiger partial charge >= 0.3 is 0 Å². The summed E-state index contributed by atoms with van der Waals surface area (Å²) in [7, 11) is 0. The summed E-state index contributed by atoms with van der Waals surface area (Å²) >= 11 is 1.16. The van der Waals surface area contributed by atoms with E-state index in [2.05, 4.69) is 6.92 Å². The predicted octanol–water partition coefficient (Wildman–Crippen LogP) is 3.23. The number of aromatic nitrogens is 1. The third kappa shape index (κ3) is 4.52. The van der Waals surface area contributed by atoms with Gasteiger partial charge in [0.25, 0.3) is 5.56 Å². The van der Waals surface area contributed by atoms with E-state index in [1.807, 2.05) is 30.3 Å². The fourth-order valence-electron chi connectivity index (χ4n) is 2.98. The zero-order valence-corrected chi connectivity index (χ0v) is 18.4. The zero-order chi connectivity index (χ0) is 21.9. The van der Waals surface area contributed by atoms with Gasteiger partial charge < -0.3 is 4.42 Å². The van der Waals surface area contributed by atoms with E-state index in [0.29, 0.717) is 15.0 Å². The van der Waals surface area contributed by atoms with Crippen LogP contribution in [0.3, 0.4) is 0 Å². The van der Waals surface area contributed by atoms with Crippen molar-refractivity contribution in [2.24, 2.45) is 5.41 Å². The minimum atomic E-state index is -0.736.